The smallest absolute Gasteiger partial charge is 0.339 e. The number of hydrogen-bond donors (Lipinski definition) is 0. The number of methoxy groups -OCH3 is 1. The van der Waals surface area contributed by atoms with Crippen molar-refractivity contribution in [2.75, 3.05) is 33.4 Å². The van der Waals surface area contributed by atoms with Gasteiger partial charge in [-0.05, 0) is 61.0 Å². The van der Waals surface area contributed by atoms with E-state index in [1.165, 1.54) is 18.2 Å². The Morgan fingerprint density at radius 3 is 2.36 bits per heavy atom. The molecule has 4 rings (SSSR count). The third-order valence-corrected chi connectivity index (χ3v) is 7.15. The molecule has 0 bridgehead atoms. The summed E-state index contributed by atoms with van der Waals surface area (Å²) < 4.78 is 42.3. The number of rotatable bonds is 9. The van der Waals surface area contributed by atoms with Crippen LogP contribution < -0.4 is 8.92 Å². The minimum atomic E-state index is -4.04. The number of morpholine rings is 1. The summed E-state index contributed by atoms with van der Waals surface area (Å²) in [5, 5.41) is 0. The minimum absolute atomic E-state index is 0.0843. The molecule has 0 radical (unpaired) electrons. The molecule has 3 aromatic rings. The predicted molar refractivity (Wildman–Crippen MR) is 138 cm³/mol. The van der Waals surface area contributed by atoms with E-state index in [0.717, 1.165) is 24.2 Å². The topological polar surface area (TPSA) is 82.1 Å². The van der Waals surface area contributed by atoms with E-state index in [1.807, 2.05) is 19.1 Å². The van der Waals surface area contributed by atoms with Crippen LogP contribution in [0.2, 0.25) is 0 Å². The number of benzene rings is 3. The Bertz CT molecular complexity index is 1330. The predicted octanol–water partition coefficient (Wildman–Crippen LogP) is 4.50. The van der Waals surface area contributed by atoms with Crippen LogP contribution in [0.3, 0.4) is 0 Å². The number of ether oxygens (including phenoxy) is 2. The second-order valence-corrected chi connectivity index (χ2v) is 10.1. The first-order valence-electron chi connectivity index (χ1n) is 11.6. The molecular weight excluding hydrogens is 478 g/mol. The molecule has 188 valence electrons. The minimum Gasteiger partial charge on any atom is -0.497 e. The van der Waals surface area contributed by atoms with Crippen molar-refractivity contribution in [3.63, 3.8) is 0 Å². The van der Waals surface area contributed by atoms with Crippen molar-refractivity contribution in [3.05, 3.63) is 95.1 Å². The molecule has 0 unspecified atom stereocenters. The molecule has 0 spiro atoms. The van der Waals surface area contributed by atoms with Gasteiger partial charge in [0.2, 0.25) is 0 Å². The van der Waals surface area contributed by atoms with Gasteiger partial charge in [0.25, 0.3) is 0 Å². The van der Waals surface area contributed by atoms with Crippen molar-refractivity contribution >= 4 is 22.0 Å². The lowest BCUT2D eigenvalue weighted by molar-refractivity contribution is 0.0340. The van der Waals surface area contributed by atoms with Crippen LogP contribution in [0.1, 0.15) is 27.0 Å². The third kappa shape index (κ3) is 6.60. The van der Waals surface area contributed by atoms with E-state index in [2.05, 4.69) is 4.90 Å². The van der Waals surface area contributed by atoms with Gasteiger partial charge in [-0.25, -0.2) is 0 Å². The summed E-state index contributed by atoms with van der Waals surface area (Å²) in [6.07, 6.45) is 3.10. The highest BCUT2D eigenvalue weighted by Crippen LogP contribution is 2.27. The second-order valence-electron chi connectivity index (χ2n) is 8.53. The normalized spacial score (nSPS) is 14.6. The van der Waals surface area contributed by atoms with Gasteiger partial charge in [0.1, 0.15) is 16.4 Å². The van der Waals surface area contributed by atoms with Gasteiger partial charge >= 0.3 is 10.1 Å². The lowest BCUT2D eigenvalue weighted by Crippen LogP contribution is -2.35. The van der Waals surface area contributed by atoms with Gasteiger partial charge in [-0.15, -0.1) is 0 Å². The molecule has 1 fully saturated rings. The van der Waals surface area contributed by atoms with Gasteiger partial charge in [-0.1, -0.05) is 35.9 Å². The first-order chi connectivity index (χ1) is 17.3. The summed E-state index contributed by atoms with van der Waals surface area (Å²) in [6, 6.07) is 18.7. The van der Waals surface area contributed by atoms with Gasteiger partial charge in [-0.2, -0.15) is 8.42 Å². The third-order valence-electron chi connectivity index (χ3n) is 5.90. The number of hydrogen-bond acceptors (Lipinski definition) is 7. The van der Waals surface area contributed by atoms with Crippen molar-refractivity contribution in [1.29, 1.82) is 0 Å². The Balaban J connectivity index is 1.60. The number of allylic oxidation sites excluding steroid dienone is 1. The van der Waals surface area contributed by atoms with Crippen molar-refractivity contribution in [2.45, 2.75) is 18.4 Å². The Morgan fingerprint density at radius 1 is 1.00 bits per heavy atom. The molecule has 3 aromatic carbocycles. The summed E-state index contributed by atoms with van der Waals surface area (Å²) in [5.74, 6) is 0.730. The van der Waals surface area contributed by atoms with Crippen molar-refractivity contribution in [3.8, 4) is 11.5 Å². The maximum atomic E-state index is 13.0. The molecule has 0 amide bonds. The Morgan fingerprint density at radius 2 is 1.69 bits per heavy atom. The van der Waals surface area contributed by atoms with Gasteiger partial charge in [0, 0.05) is 30.8 Å². The zero-order valence-electron chi connectivity index (χ0n) is 20.3. The average Bonchev–Trinajstić information content (AvgIpc) is 2.89. The Kier molecular flexibility index (Phi) is 8.20. The number of carbonyl (C=O) groups excluding carboxylic acids is 1. The Labute approximate surface area is 212 Å². The number of carbonyl (C=O) groups is 1. The fraction of sp³-hybridized carbons (Fsp3) is 0.250. The number of aryl methyl sites for hydroxylation is 1. The van der Waals surface area contributed by atoms with E-state index >= 15 is 0 Å². The van der Waals surface area contributed by atoms with Crippen LogP contribution in [0.15, 0.2) is 77.7 Å². The first-order valence-corrected chi connectivity index (χ1v) is 13.1. The molecule has 0 saturated carbocycles. The monoisotopic (exact) mass is 507 g/mol. The lowest BCUT2D eigenvalue weighted by atomic mass is 10.1. The molecule has 1 saturated heterocycles. The van der Waals surface area contributed by atoms with E-state index in [1.54, 1.807) is 55.7 Å². The summed E-state index contributed by atoms with van der Waals surface area (Å²) in [7, 11) is -2.47. The summed E-state index contributed by atoms with van der Waals surface area (Å²) in [6.45, 7) is 5.18. The van der Waals surface area contributed by atoms with Crippen LogP contribution in [-0.2, 0) is 21.4 Å². The van der Waals surface area contributed by atoms with Crippen LogP contribution in [0.25, 0.3) is 6.08 Å². The van der Waals surface area contributed by atoms with E-state index in [4.69, 9.17) is 13.7 Å². The van der Waals surface area contributed by atoms with Crippen molar-refractivity contribution < 1.29 is 26.9 Å². The maximum absolute atomic E-state index is 13.0. The molecule has 0 aliphatic carbocycles. The molecule has 0 aromatic heterocycles. The van der Waals surface area contributed by atoms with E-state index < -0.39 is 10.1 Å². The molecule has 0 N–H and O–H groups in total. The zero-order chi connectivity index (χ0) is 25.5. The van der Waals surface area contributed by atoms with E-state index in [9.17, 15) is 13.2 Å². The van der Waals surface area contributed by atoms with Crippen LogP contribution in [0, 0.1) is 6.92 Å². The van der Waals surface area contributed by atoms with Crippen LogP contribution in [-0.4, -0.2) is 52.5 Å². The van der Waals surface area contributed by atoms with E-state index in [0.29, 0.717) is 36.6 Å². The van der Waals surface area contributed by atoms with Gasteiger partial charge in [-0.3, -0.25) is 9.69 Å². The maximum Gasteiger partial charge on any atom is 0.339 e. The molecule has 1 aliphatic rings. The highest BCUT2D eigenvalue weighted by Gasteiger charge is 2.20. The fourth-order valence-corrected chi connectivity index (χ4v) is 4.74. The first kappa shape index (κ1) is 25.6. The van der Waals surface area contributed by atoms with Crippen molar-refractivity contribution in [1.82, 2.24) is 4.90 Å². The SMILES string of the molecule is COc1ccc(C(=O)/C=C/c2ccc(CN3CCOCC3)c(OS(=O)(=O)c3ccc(C)cc3)c2)cc1. The summed E-state index contributed by atoms with van der Waals surface area (Å²) in [5.41, 5.74) is 2.87. The molecule has 0 atom stereocenters. The van der Waals surface area contributed by atoms with Gasteiger partial charge in [0.15, 0.2) is 5.78 Å². The second kappa shape index (κ2) is 11.5. The van der Waals surface area contributed by atoms with Crippen molar-refractivity contribution in [2.24, 2.45) is 0 Å². The quantitative estimate of drug-likeness (QED) is 0.240. The van der Waals surface area contributed by atoms with Gasteiger partial charge < -0.3 is 13.7 Å². The summed E-state index contributed by atoms with van der Waals surface area (Å²) in [4.78, 5) is 14.9. The molecule has 36 heavy (non-hydrogen) atoms. The standard InChI is InChI=1S/C28H29NO6S/c1-21-3-12-26(13-4-21)36(31,32)35-28-19-22(5-7-24(28)20-29-15-17-34-18-16-29)6-14-27(30)23-8-10-25(33-2)11-9-23/h3-14,19H,15-18,20H2,1-2H3/b14-6+. The average molecular weight is 508 g/mol. The van der Waals surface area contributed by atoms with Crippen LogP contribution in [0.4, 0.5) is 0 Å². The number of nitrogens with zero attached hydrogens (tertiary/aromatic N) is 1. The lowest BCUT2D eigenvalue weighted by Gasteiger charge is -2.27. The van der Waals surface area contributed by atoms with Crippen LogP contribution in [0.5, 0.6) is 11.5 Å². The zero-order valence-corrected chi connectivity index (χ0v) is 21.2. The van der Waals surface area contributed by atoms with E-state index in [-0.39, 0.29) is 16.4 Å². The highest BCUT2D eigenvalue weighted by molar-refractivity contribution is 7.87. The fourth-order valence-electron chi connectivity index (χ4n) is 3.78. The molecule has 1 heterocycles. The number of ketones is 1. The summed E-state index contributed by atoms with van der Waals surface area (Å²) >= 11 is 0. The van der Waals surface area contributed by atoms with Crippen LogP contribution >= 0.6 is 0 Å². The highest BCUT2D eigenvalue weighted by atomic mass is 32.2. The molecule has 8 heteroatoms. The largest absolute Gasteiger partial charge is 0.497 e. The molecule has 1 aliphatic heterocycles. The molecular formula is C28H29NO6S. The molecule has 7 nitrogen and oxygen atoms in total. The Hall–Kier alpha value is -3.46. The van der Waals surface area contributed by atoms with Gasteiger partial charge in [0.05, 0.1) is 20.3 Å².